The van der Waals surface area contributed by atoms with Crippen LogP contribution < -0.4 is 5.32 Å². The van der Waals surface area contributed by atoms with Gasteiger partial charge in [-0.1, -0.05) is 26.0 Å². The summed E-state index contributed by atoms with van der Waals surface area (Å²) in [6.07, 6.45) is 1.50. The van der Waals surface area contributed by atoms with Crippen molar-refractivity contribution in [2.24, 2.45) is 5.41 Å². The van der Waals surface area contributed by atoms with E-state index in [1.165, 1.54) is 12.1 Å². The predicted molar refractivity (Wildman–Crippen MR) is 70.9 cm³/mol. The highest BCUT2D eigenvalue weighted by molar-refractivity contribution is 5.17. The lowest BCUT2D eigenvalue weighted by Gasteiger charge is -2.50. The maximum absolute atomic E-state index is 12.8. The first-order chi connectivity index (χ1) is 8.39. The summed E-state index contributed by atoms with van der Waals surface area (Å²) in [6, 6.07) is 7.34. The van der Waals surface area contributed by atoms with Crippen molar-refractivity contribution in [1.29, 1.82) is 0 Å². The van der Waals surface area contributed by atoms with Crippen LogP contribution >= 0.6 is 0 Å². The second-order valence-electron chi connectivity index (χ2n) is 6.02. The lowest BCUT2D eigenvalue weighted by Crippen LogP contribution is -2.61. The van der Waals surface area contributed by atoms with Gasteiger partial charge in [0, 0.05) is 17.5 Å². The average molecular weight is 251 g/mol. The van der Waals surface area contributed by atoms with Gasteiger partial charge in [-0.25, -0.2) is 4.39 Å². The Labute approximate surface area is 108 Å². The number of hydrogen-bond donors (Lipinski definition) is 2. The monoisotopic (exact) mass is 251 g/mol. The fourth-order valence-corrected chi connectivity index (χ4v) is 2.56. The number of nitrogens with one attached hydrogen (secondary N) is 1. The van der Waals surface area contributed by atoms with Crippen molar-refractivity contribution in [1.82, 2.24) is 5.32 Å². The van der Waals surface area contributed by atoms with Gasteiger partial charge in [0.2, 0.25) is 0 Å². The van der Waals surface area contributed by atoms with Crippen LogP contribution in [0.1, 0.15) is 32.8 Å². The zero-order valence-corrected chi connectivity index (χ0v) is 11.3. The van der Waals surface area contributed by atoms with Crippen LogP contribution in [0.5, 0.6) is 0 Å². The van der Waals surface area contributed by atoms with Gasteiger partial charge < -0.3 is 10.4 Å². The molecule has 100 valence electrons. The van der Waals surface area contributed by atoms with Crippen LogP contribution in [-0.4, -0.2) is 23.3 Å². The van der Waals surface area contributed by atoms with E-state index in [9.17, 15) is 9.50 Å². The first kappa shape index (κ1) is 13.5. The summed E-state index contributed by atoms with van der Waals surface area (Å²) in [7, 11) is 0. The van der Waals surface area contributed by atoms with Crippen molar-refractivity contribution in [3.63, 3.8) is 0 Å². The highest BCUT2D eigenvalue weighted by atomic mass is 19.1. The van der Waals surface area contributed by atoms with Gasteiger partial charge >= 0.3 is 0 Å². The van der Waals surface area contributed by atoms with Crippen LogP contribution in [0.3, 0.4) is 0 Å². The highest BCUT2D eigenvalue weighted by Gasteiger charge is 2.47. The van der Waals surface area contributed by atoms with E-state index in [1.54, 1.807) is 0 Å². The van der Waals surface area contributed by atoms with Gasteiger partial charge in [-0.15, -0.1) is 0 Å². The van der Waals surface area contributed by atoms with Gasteiger partial charge in [0.05, 0.1) is 6.10 Å². The first-order valence-corrected chi connectivity index (χ1v) is 6.58. The molecule has 1 aliphatic carbocycles. The summed E-state index contributed by atoms with van der Waals surface area (Å²) in [4.78, 5) is 0. The molecule has 2 nitrogen and oxygen atoms in total. The zero-order chi connectivity index (χ0) is 13.3. The number of aliphatic hydroxyl groups is 1. The molecule has 3 heteroatoms. The minimum atomic E-state index is -0.201. The lowest BCUT2D eigenvalue weighted by atomic mass is 9.64. The maximum Gasteiger partial charge on any atom is 0.123 e. The molecule has 0 aliphatic heterocycles. The topological polar surface area (TPSA) is 32.3 Å². The Kier molecular flexibility index (Phi) is 3.74. The minimum Gasteiger partial charge on any atom is -0.392 e. The Hall–Kier alpha value is -0.930. The highest BCUT2D eigenvalue weighted by Crippen LogP contribution is 2.40. The molecule has 0 amide bonds. The van der Waals surface area contributed by atoms with E-state index in [4.69, 9.17) is 0 Å². The molecule has 2 rings (SSSR count). The Morgan fingerprint density at radius 1 is 1.39 bits per heavy atom. The largest absolute Gasteiger partial charge is 0.392 e. The molecule has 1 saturated carbocycles. The molecule has 0 radical (unpaired) electrons. The van der Waals surface area contributed by atoms with Crippen LogP contribution in [0.25, 0.3) is 0 Å². The maximum atomic E-state index is 12.8. The van der Waals surface area contributed by atoms with Crippen molar-refractivity contribution >= 4 is 0 Å². The van der Waals surface area contributed by atoms with Gasteiger partial charge in [0.15, 0.2) is 0 Å². The van der Waals surface area contributed by atoms with Gasteiger partial charge in [0.1, 0.15) is 5.82 Å². The van der Waals surface area contributed by atoms with E-state index in [-0.39, 0.29) is 17.3 Å². The molecule has 1 fully saturated rings. The molecule has 1 aromatic rings. The fraction of sp³-hybridized carbons (Fsp3) is 0.600. The molecule has 0 aromatic heterocycles. The number of rotatable bonds is 4. The summed E-state index contributed by atoms with van der Waals surface area (Å²) >= 11 is 0. The van der Waals surface area contributed by atoms with Crippen LogP contribution in [0, 0.1) is 11.2 Å². The van der Waals surface area contributed by atoms with Crippen molar-refractivity contribution in [2.45, 2.75) is 51.8 Å². The van der Waals surface area contributed by atoms with Crippen molar-refractivity contribution in [3.8, 4) is 0 Å². The molecule has 3 unspecified atom stereocenters. The van der Waals surface area contributed by atoms with Crippen molar-refractivity contribution in [2.75, 3.05) is 0 Å². The van der Waals surface area contributed by atoms with Crippen LogP contribution in [-0.2, 0) is 6.42 Å². The summed E-state index contributed by atoms with van der Waals surface area (Å²) < 4.78 is 12.8. The molecule has 1 aromatic carbocycles. The Morgan fingerprint density at radius 2 is 2.00 bits per heavy atom. The molecular weight excluding hydrogens is 229 g/mol. The van der Waals surface area contributed by atoms with E-state index < -0.39 is 0 Å². The predicted octanol–water partition coefficient (Wildman–Crippen LogP) is 2.51. The van der Waals surface area contributed by atoms with Crippen molar-refractivity contribution < 1.29 is 9.50 Å². The fourth-order valence-electron chi connectivity index (χ4n) is 2.56. The molecule has 18 heavy (non-hydrogen) atoms. The van der Waals surface area contributed by atoms with E-state index in [2.05, 4.69) is 26.1 Å². The van der Waals surface area contributed by atoms with E-state index in [0.29, 0.717) is 12.1 Å². The third kappa shape index (κ3) is 2.73. The van der Waals surface area contributed by atoms with E-state index in [1.807, 2.05) is 12.1 Å². The third-order valence-electron chi connectivity index (χ3n) is 4.16. The summed E-state index contributed by atoms with van der Waals surface area (Å²) in [5, 5.41) is 13.2. The van der Waals surface area contributed by atoms with Gasteiger partial charge in [-0.05, 0) is 37.5 Å². The van der Waals surface area contributed by atoms with Gasteiger partial charge in [-0.2, -0.15) is 0 Å². The molecule has 3 atom stereocenters. The zero-order valence-electron chi connectivity index (χ0n) is 11.3. The van der Waals surface area contributed by atoms with Gasteiger partial charge in [0.25, 0.3) is 0 Å². The molecule has 0 heterocycles. The quantitative estimate of drug-likeness (QED) is 0.861. The van der Waals surface area contributed by atoms with E-state index >= 15 is 0 Å². The smallest absolute Gasteiger partial charge is 0.123 e. The molecule has 0 saturated heterocycles. The number of hydrogen-bond acceptors (Lipinski definition) is 2. The second kappa shape index (κ2) is 4.98. The molecule has 0 spiro atoms. The molecule has 0 bridgehead atoms. The summed E-state index contributed by atoms with van der Waals surface area (Å²) in [5.41, 5.74) is 1.09. The summed E-state index contributed by atoms with van der Waals surface area (Å²) in [6.45, 7) is 6.30. The standard InChI is InChI=1S/C15H22FNO/c1-10(8-11-4-6-12(16)7-5-11)17-13-9-14(18)15(13,2)3/h4-7,10,13-14,17-18H,8-9H2,1-3H3. The summed E-state index contributed by atoms with van der Waals surface area (Å²) in [5.74, 6) is -0.192. The second-order valence-corrected chi connectivity index (χ2v) is 6.02. The Balaban J connectivity index is 1.86. The Bertz CT molecular complexity index is 401. The Morgan fingerprint density at radius 3 is 2.50 bits per heavy atom. The first-order valence-electron chi connectivity index (χ1n) is 6.58. The number of halogens is 1. The lowest BCUT2D eigenvalue weighted by molar-refractivity contribution is -0.0752. The number of aliphatic hydroxyl groups excluding tert-OH is 1. The number of benzene rings is 1. The van der Waals surface area contributed by atoms with E-state index in [0.717, 1.165) is 18.4 Å². The molecular formula is C15H22FNO. The molecule has 1 aliphatic rings. The van der Waals surface area contributed by atoms with Crippen LogP contribution in [0.4, 0.5) is 4.39 Å². The van der Waals surface area contributed by atoms with Gasteiger partial charge in [-0.3, -0.25) is 0 Å². The SMILES string of the molecule is CC(Cc1ccc(F)cc1)NC1CC(O)C1(C)C. The van der Waals surface area contributed by atoms with Crippen LogP contribution in [0.2, 0.25) is 0 Å². The van der Waals surface area contributed by atoms with Crippen LogP contribution in [0.15, 0.2) is 24.3 Å². The average Bonchev–Trinajstić information content (AvgIpc) is 2.32. The normalized spacial score (nSPS) is 27.6. The van der Waals surface area contributed by atoms with Crippen molar-refractivity contribution in [3.05, 3.63) is 35.6 Å². The molecule has 2 N–H and O–H groups in total. The minimum absolute atomic E-state index is 0.0446. The third-order valence-corrected chi connectivity index (χ3v) is 4.16.